The lowest BCUT2D eigenvalue weighted by atomic mass is 9.95. The van der Waals surface area contributed by atoms with Crippen molar-refractivity contribution in [2.24, 2.45) is 11.8 Å². The zero-order valence-electron chi connectivity index (χ0n) is 22.3. The summed E-state index contributed by atoms with van der Waals surface area (Å²) in [4.78, 5) is 19.0. The van der Waals surface area contributed by atoms with E-state index >= 15 is 4.39 Å². The van der Waals surface area contributed by atoms with Gasteiger partial charge < -0.3 is 9.64 Å². The third kappa shape index (κ3) is 4.00. The Bertz CT molecular complexity index is 1420. The van der Waals surface area contributed by atoms with E-state index in [1.807, 2.05) is 0 Å². The van der Waals surface area contributed by atoms with Gasteiger partial charge in [0, 0.05) is 30.4 Å². The molecule has 2 saturated carbocycles. The molecule has 0 spiro atoms. The smallest absolute Gasteiger partial charge is 0.319 e. The highest BCUT2D eigenvalue weighted by atomic mass is 19.1. The molecule has 1 aromatic carbocycles. The quantitative estimate of drug-likeness (QED) is 0.384. The van der Waals surface area contributed by atoms with E-state index in [9.17, 15) is 4.39 Å². The average molecular weight is 532 g/mol. The van der Waals surface area contributed by atoms with Gasteiger partial charge in [-0.3, -0.25) is 9.88 Å². The molecule has 2 aliphatic carbocycles. The Morgan fingerprint density at radius 1 is 0.974 bits per heavy atom. The van der Waals surface area contributed by atoms with E-state index in [-0.39, 0.29) is 34.5 Å². The molecule has 2 atom stereocenters. The largest absolute Gasteiger partial charge is 0.461 e. The first-order chi connectivity index (χ1) is 19.1. The number of benzene rings is 1. The van der Waals surface area contributed by atoms with Crippen molar-refractivity contribution in [2.45, 2.75) is 69.2 Å². The minimum absolute atomic E-state index is 0.0470. The van der Waals surface area contributed by atoms with E-state index in [2.05, 4.69) is 19.8 Å². The summed E-state index contributed by atoms with van der Waals surface area (Å²) in [6.07, 6.45) is 11.9. The number of halogens is 2. The standard InChI is InChI=1S/C31H35F2N5O/c32-24-5-1-4-22(25(24)21-8-9-21)27-26(33)28-23(15-34-27)29(37-16-19-6-7-20(14-19)17-37)36-30(35-28)39-18-31-10-2-12-38(31)13-3-11-31/h1,4-5,15,19-21H,2-3,6-14,16-18H2. The maximum atomic E-state index is 16.4. The number of pyridine rings is 1. The van der Waals surface area contributed by atoms with Crippen molar-refractivity contribution in [3.05, 3.63) is 41.6 Å². The molecule has 39 heavy (non-hydrogen) atoms. The summed E-state index contributed by atoms with van der Waals surface area (Å²) in [6.45, 7) is 4.59. The van der Waals surface area contributed by atoms with E-state index in [0.29, 0.717) is 35.0 Å². The van der Waals surface area contributed by atoms with Gasteiger partial charge in [0.15, 0.2) is 5.82 Å². The van der Waals surface area contributed by atoms with E-state index in [0.717, 1.165) is 57.7 Å². The molecule has 0 radical (unpaired) electrons. The summed E-state index contributed by atoms with van der Waals surface area (Å²) >= 11 is 0. The van der Waals surface area contributed by atoms with Gasteiger partial charge in [-0.15, -0.1) is 0 Å². The highest BCUT2D eigenvalue weighted by molar-refractivity contribution is 5.92. The van der Waals surface area contributed by atoms with Crippen LogP contribution < -0.4 is 9.64 Å². The topological polar surface area (TPSA) is 54.4 Å². The van der Waals surface area contributed by atoms with Crippen molar-refractivity contribution in [3.63, 3.8) is 0 Å². The van der Waals surface area contributed by atoms with Gasteiger partial charge in [-0.05, 0) is 94.7 Å². The van der Waals surface area contributed by atoms with Crippen LogP contribution in [-0.4, -0.2) is 58.2 Å². The highest BCUT2D eigenvalue weighted by Crippen LogP contribution is 2.47. The van der Waals surface area contributed by atoms with Crippen molar-refractivity contribution >= 4 is 16.7 Å². The lowest BCUT2D eigenvalue weighted by Crippen LogP contribution is -2.43. The second-order valence-corrected chi connectivity index (χ2v) is 12.6. The molecule has 3 aromatic rings. The minimum atomic E-state index is -0.519. The molecule has 3 aliphatic heterocycles. The van der Waals surface area contributed by atoms with Gasteiger partial charge in [-0.1, -0.05) is 12.1 Å². The van der Waals surface area contributed by atoms with Crippen molar-refractivity contribution < 1.29 is 13.5 Å². The third-order valence-corrected chi connectivity index (χ3v) is 10.1. The molecule has 2 bridgehead atoms. The fourth-order valence-electron chi connectivity index (χ4n) is 8.09. The Kier molecular flexibility index (Phi) is 5.58. The summed E-state index contributed by atoms with van der Waals surface area (Å²) in [5, 5.41) is 0.607. The number of anilines is 1. The predicted molar refractivity (Wildman–Crippen MR) is 146 cm³/mol. The molecule has 0 amide bonds. The first-order valence-electron chi connectivity index (χ1n) is 14.9. The van der Waals surface area contributed by atoms with Crippen LogP contribution in [0, 0.1) is 23.5 Å². The average Bonchev–Trinajstić information content (AvgIpc) is 3.44. The molecular weight excluding hydrogens is 496 g/mol. The Morgan fingerprint density at radius 3 is 2.49 bits per heavy atom. The Balaban J connectivity index is 1.23. The fraction of sp³-hybridized carbons (Fsp3) is 0.581. The molecule has 0 N–H and O–H groups in total. The molecule has 2 unspecified atom stereocenters. The molecule has 8 rings (SSSR count). The molecule has 5 aliphatic rings. The maximum absolute atomic E-state index is 16.4. The number of rotatable bonds is 6. The molecule has 8 heteroatoms. The number of nitrogens with zero attached hydrogens (tertiary/aromatic N) is 5. The van der Waals surface area contributed by atoms with Gasteiger partial charge in [0.1, 0.15) is 29.5 Å². The highest BCUT2D eigenvalue weighted by Gasteiger charge is 2.45. The minimum Gasteiger partial charge on any atom is -0.461 e. The zero-order chi connectivity index (χ0) is 26.1. The van der Waals surface area contributed by atoms with E-state index in [4.69, 9.17) is 9.72 Å². The maximum Gasteiger partial charge on any atom is 0.319 e. The van der Waals surface area contributed by atoms with Crippen LogP contribution in [0.5, 0.6) is 6.01 Å². The lowest BCUT2D eigenvalue weighted by molar-refractivity contribution is 0.108. The summed E-state index contributed by atoms with van der Waals surface area (Å²) in [5.41, 5.74) is 1.53. The monoisotopic (exact) mass is 531 g/mol. The van der Waals surface area contributed by atoms with Crippen molar-refractivity contribution in [1.29, 1.82) is 0 Å². The van der Waals surface area contributed by atoms with E-state index in [1.165, 1.54) is 38.2 Å². The number of hydrogen-bond donors (Lipinski definition) is 0. The Labute approximate surface area is 227 Å². The van der Waals surface area contributed by atoms with E-state index in [1.54, 1.807) is 18.3 Å². The molecular formula is C31H35F2N5O. The molecule has 6 nitrogen and oxygen atoms in total. The molecule has 3 saturated heterocycles. The van der Waals surface area contributed by atoms with Crippen LogP contribution in [-0.2, 0) is 0 Å². The van der Waals surface area contributed by atoms with Crippen molar-refractivity contribution in [3.8, 4) is 17.3 Å². The van der Waals surface area contributed by atoms with Crippen LogP contribution >= 0.6 is 0 Å². The van der Waals surface area contributed by atoms with Crippen molar-refractivity contribution in [2.75, 3.05) is 37.7 Å². The summed E-state index contributed by atoms with van der Waals surface area (Å²) in [6, 6.07) is 5.12. The third-order valence-electron chi connectivity index (χ3n) is 10.1. The zero-order valence-corrected chi connectivity index (χ0v) is 22.3. The Morgan fingerprint density at radius 2 is 1.74 bits per heavy atom. The van der Waals surface area contributed by atoms with Crippen molar-refractivity contribution in [1.82, 2.24) is 19.9 Å². The van der Waals surface area contributed by atoms with Gasteiger partial charge >= 0.3 is 6.01 Å². The molecule has 5 fully saturated rings. The number of fused-ring (bicyclic) bond motifs is 4. The first kappa shape index (κ1) is 24.0. The van der Waals surface area contributed by atoms with Crippen LogP contribution in [0.3, 0.4) is 0 Å². The summed E-state index contributed by atoms with van der Waals surface area (Å²) < 4.78 is 37.7. The summed E-state index contributed by atoms with van der Waals surface area (Å²) in [5.74, 6) is 1.33. The fourth-order valence-corrected chi connectivity index (χ4v) is 8.09. The van der Waals surface area contributed by atoms with Crippen LogP contribution in [0.1, 0.15) is 69.3 Å². The van der Waals surface area contributed by atoms with Crippen LogP contribution in [0.25, 0.3) is 22.2 Å². The summed E-state index contributed by atoms with van der Waals surface area (Å²) in [7, 11) is 0. The number of piperidine rings is 1. The van der Waals surface area contributed by atoms with Gasteiger partial charge in [0.2, 0.25) is 0 Å². The number of ether oxygens (including phenoxy) is 1. The molecule has 5 heterocycles. The lowest BCUT2D eigenvalue weighted by Gasteiger charge is -2.34. The van der Waals surface area contributed by atoms with Crippen LogP contribution in [0.4, 0.5) is 14.6 Å². The van der Waals surface area contributed by atoms with Crippen LogP contribution in [0.2, 0.25) is 0 Å². The number of hydrogen-bond acceptors (Lipinski definition) is 6. The second-order valence-electron chi connectivity index (χ2n) is 12.6. The predicted octanol–water partition coefficient (Wildman–Crippen LogP) is 6.09. The van der Waals surface area contributed by atoms with Gasteiger partial charge in [-0.25, -0.2) is 8.78 Å². The van der Waals surface area contributed by atoms with Gasteiger partial charge in [0.25, 0.3) is 0 Å². The SMILES string of the molecule is Fc1cccc(-c2ncc3c(N4CC5CCC(C5)C4)nc(OCC45CCCN4CCC5)nc3c2F)c1C1CC1. The van der Waals surface area contributed by atoms with E-state index < -0.39 is 5.82 Å². The normalized spacial score (nSPS) is 25.9. The van der Waals surface area contributed by atoms with Gasteiger partial charge in [0.05, 0.1) is 10.9 Å². The first-order valence-corrected chi connectivity index (χ1v) is 14.9. The van der Waals surface area contributed by atoms with Crippen LogP contribution in [0.15, 0.2) is 24.4 Å². The Hall–Kier alpha value is -2.87. The second kappa shape index (κ2) is 9.08. The molecule has 2 aromatic heterocycles. The molecule has 204 valence electrons. The number of aromatic nitrogens is 3. The van der Waals surface area contributed by atoms with Gasteiger partial charge in [-0.2, -0.15) is 9.97 Å².